The first kappa shape index (κ1) is 11.9. The van der Waals surface area contributed by atoms with Crippen LogP contribution in [0, 0.1) is 6.92 Å². The highest BCUT2D eigenvalue weighted by Crippen LogP contribution is 2.39. The van der Waals surface area contributed by atoms with Crippen molar-refractivity contribution >= 4 is 15.8 Å². The second kappa shape index (κ2) is 3.90. The summed E-state index contributed by atoms with van der Waals surface area (Å²) in [6.45, 7) is 1.92. The molecule has 2 heterocycles. The maximum Gasteiger partial charge on any atom is 0.243 e. The number of benzene rings is 1. The third kappa shape index (κ3) is 1.61. The summed E-state index contributed by atoms with van der Waals surface area (Å²) in [7, 11) is -3.51. The van der Waals surface area contributed by atoms with Crippen LogP contribution in [-0.2, 0) is 14.8 Å². The first-order valence-electron chi connectivity index (χ1n) is 6.13. The molecule has 2 atom stereocenters. The molecule has 0 radical (unpaired) electrons. The van der Waals surface area contributed by atoms with Crippen LogP contribution in [0.25, 0.3) is 0 Å². The van der Waals surface area contributed by atoms with Gasteiger partial charge in [-0.15, -0.1) is 0 Å². The maximum atomic E-state index is 12.5. The van der Waals surface area contributed by atoms with Crippen molar-refractivity contribution in [1.82, 2.24) is 4.31 Å². The van der Waals surface area contributed by atoms with Crippen molar-refractivity contribution < 1.29 is 13.2 Å². The molecule has 1 aromatic carbocycles. The van der Waals surface area contributed by atoms with Crippen LogP contribution in [0.4, 0.5) is 0 Å². The molecular weight excluding hydrogens is 250 g/mol. The van der Waals surface area contributed by atoms with Gasteiger partial charge in [0.1, 0.15) is 0 Å². The van der Waals surface area contributed by atoms with Gasteiger partial charge in [0, 0.05) is 12.5 Å². The van der Waals surface area contributed by atoms with Crippen molar-refractivity contribution in [1.29, 1.82) is 0 Å². The molecule has 2 bridgehead atoms. The Hall–Kier alpha value is -1.20. The Labute approximate surface area is 107 Å². The highest BCUT2D eigenvalue weighted by molar-refractivity contribution is 7.89. The minimum atomic E-state index is -3.51. The summed E-state index contributed by atoms with van der Waals surface area (Å²) >= 11 is 0. The van der Waals surface area contributed by atoms with Crippen LogP contribution in [0.5, 0.6) is 0 Å². The molecule has 18 heavy (non-hydrogen) atoms. The van der Waals surface area contributed by atoms with Gasteiger partial charge < -0.3 is 0 Å². The van der Waals surface area contributed by atoms with Gasteiger partial charge in [-0.1, -0.05) is 17.7 Å². The van der Waals surface area contributed by atoms with Crippen LogP contribution in [0.3, 0.4) is 0 Å². The lowest BCUT2D eigenvalue weighted by molar-refractivity contribution is -0.119. The van der Waals surface area contributed by atoms with E-state index in [9.17, 15) is 13.2 Å². The van der Waals surface area contributed by atoms with Gasteiger partial charge in [-0.3, -0.25) is 4.79 Å². The molecule has 0 spiro atoms. The smallest absolute Gasteiger partial charge is 0.243 e. The first-order chi connectivity index (χ1) is 8.50. The molecule has 2 unspecified atom stereocenters. The standard InChI is InChI=1S/C13H15NO3S/c1-9-2-5-11(6-3-9)18(16,17)14-10-4-7-12(14)13(15)8-10/h2-3,5-6,10,12H,4,7-8H2,1H3. The molecule has 0 amide bonds. The van der Waals surface area contributed by atoms with Crippen LogP contribution in [0.15, 0.2) is 29.2 Å². The molecule has 2 aliphatic rings. The van der Waals surface area contributed by atoms with Crippen LogP contribution in [-0.4, -0.2) is 30.6 Å². The lowest BCUT2D eigenvalue weighted by Gasteiger charge is -2.20. The number of hydrogen-bond donors (Lipinski definition) is 0. The lowest BCUT2D eigenvalue weighted by atomic mass is 10.00. The first-order valence-corrected chi connectivity index (χ1v) is 7.57. The van der Waals surface area contributed by atoms with Gasteiger partial charge in [-0.05, 0) is 31.9 Å². The SMILES string of the molecule is Cc1ccc(S(=O)(=O)N2C3CCC2C(=O)C3)cc1. The topological polar surface area (TPSA) is 54.5 Å². The zero-order valence-corrected chi connectivity index (χ0v) is 11.0. The van der Waals surface area contributed by atoms with Crippen molar-refractivity contribution in [3.8, 4) is 0 Å². The molecule has 4 nitrogen and oxygen atoms in total. The van der Waals surface area contributed by atoms with Crippen LogP contribution < -0.4 is 0 Å². The molecule has 2 saturated heterocycles. The van der Waals surface area contributed by atoms with Crippen molar-refractivity contribution in [2.75, 3.05) is 0 Å². The summed E-state index contributed by atoms with van der Waals surface area (Å²) < 4.78 is 26.5. The van der Waals surface area contributed by atoms with E-state index in [-0.39, 0.29) is 11.8 Å². The highest BCUT2D eigenvalue weighted by Gasteiger charge is 2.51. The number of fused-ring (bicyclic) bond motifs is 2. The molecule has 1 aromatic rings. The number of aryl methyl sites for hydroxylation is 1. The molecule has 3 rings (SSSR count). The Bertz CT molecular complexity index is 591. The molecular formula is C13H15NO3S. The van der Waals surface area contributed by atoms with Crippen molar-refractivity contribution in [2.24, 2.45) is 0 Å². The number of sulfonamides is 1. The van der Waals surface area contributed by atoms with Gasteiger partial charge in [-0.25, -0.2) is 8.42 Å². The van der Waals surface area contributed by atoms with E-state index in [1.165, 1.54) is 4.31 Å². The number of rotatable bonds is 2. The molecule has 96 valence electrons. The van der Waals surface area contributed by atoms with Crippen molar-refractivity contribution in [3.05, 3.63) is 29.8 Å². The predicted molar refractivity (Wildman–Crippen MR) is 66.6 cm³/mol. The zero-order valence-electron chi connectivity index (χ0n) is 10.2. The van der Waals surface area contributed by atoms with Crippen LogP contribution in [0.2, 0.25) is 0 Å². The van der Waals surface area contributed by atoms with Crippen molar-refractivity contribution in [2.45, 2.75) is 43.2 Å². The Balaban J connectivity index is 2.01. The fourth-order valence-electron chi connectivity index (χ4n) is 2.92. The summed E-state index contributed by atoms with van der Waals surface area (Å²) in [6.07, 6.45) is 1.87. The quantitative estimate of drug-likeness (QED) is 0.814. The Morgan fingerprint density at radius 2 is 1.83 bits per heavy atom. The van der Waals surface area contributed by atoms with E-state index >= 15 is 0 Å². The minimum absolute atomic E-state index is 0.0712. The fraction of sp³-hybridized carbons (Fsp3) is 0.462. The number of carbonyl (C=O) groups is 1. The number of Topliss-reactive ketones (excluding diaryl/α,β-unsaturated/α-hetero) is 1. The number of ketones is 1. The molecule has 0 aliphatic carbocycles. The van der Waals surface area contributed by atoms with Crippen LogP contribution >= 0.6 is 0 Å². The second-order valence-corrected chi connectivity index (χ2v) is 6.91. The van der Waals surface area contributed by atoms with Gasteiger partial charge in [0.2, 0.25) is 10.0 Å². The molecule has 0 N–H and O–H groups in total. The Kier molecular flexibility index (Phi) is 2.57. The summed E-state index contributed by atoms with van der Waals surface area (Å²) in [5, 5.41) is 0. The average Bonchev–Trinajstić information content (AvgIpc) is 2.86. The van der Waals surface area contributed by atoms with Gasteiger partial charge >= 0.3 is 0 Å². The Morgan fingerprint density at radius 3 is 2.33 bits per heavy atom. The van der Waals surface area contributed by atoms with E-state index in [1.54, 1.807) is 24.3 Å². The van der Waals surface area contributed by atoms with Gasteiger partial charge in [-0.2, -0.15) is 4.31 Å². The lowest BCUT2D eigenvalue weighted by Crippen LogP contribution is -2.36. The molecule has 0 aromatic heterocycles. The molecule has 5 heteroatoms. The molecule has 0 saturated carbocycles. The third-order valence-electron chi connectivity index (χ3n) is 3.85. The maximum absolute atomic E-state index is 12.5. The highest BCUT2D eigenvalue weighted by atomic mass is 32.2. The Morgan fingerprint density at radius 1 is 1.17 bits per heavy atom. The molecule has 2 fully saturated rings. The number of hydrogen-bond acceptors (Lipinski definition) is 3. The van der Waals surface area contributed by atoms with Gasteiger partial charge in [0.15, 0.2) is 5.78 Å². The predicted octanol–water partition coefficient (Wildman–Crippen LogP) is 1.49. The minimum Gasteiger partial charge on any atom is -0.298 e. The van der Waals surface area contributed by atoms with E-state index in [2.05, 4.69) is 0 Å². The zero-order chi connectivity index (χ0) is 12.9. The van der Waals surface area contributed by atoms with E-state index < -0.39 is 16.1 Å². The van der Waals surface area contributed by atoms with Gasteiger partial charge in [0.05, 0.1) is 10.9 Å². The monoisotopic (exact) mass is 265 g/mol. The van der Waals surface area contributed by atoms with E-state index in [0.29, 0.717) is 17.7 Å². The number of nitrogens with zero attached hydrogens (tertiary/aromatic N) is 1. The third-order valence-corrected chi connectivity index (χ3v) is 5.82. The van der Waals surface area contributed by atoms with E-state index in [0.717, 1.165) is 12.0 Å². The summed E-state index contributed by atoms with van der Waals surface area (Å²) in [6, 6.07) is 6.27. The second-order valence-electron chi connectivity index (χ2n) is 5.07. The normalized spacial score (nSPS) is 27.9. The van der Waals surface area contributed by atoms with E-state index in [4.69, 9.17) is 0 Å². The summed E-state index contributed by atoms with van der Waals surface area (Å²) in [5.74, 6) is 0.0712. The largest absolute Gasteiger partial charge is 0.298 e. The van der Waals surface area contributed by atoms with Crippen LogP contribution in [0.1, 0.15) is 24.8 Å². The van der Waals surface area contributed by atoms with Crippen molar-refractivity contribution in [3.63, 3.8) is 0 Å². The summed E-state index contributed by atoms with van der Waals surface area (Å²) in [5.41, 5.74) is 1.02. The fourth-order valence-corrected chi connectivity index (χ4v) is 4.77. The summed E-state index contributed by atoms with van der Waals surface area (Å²) in [4.78, 5) is 12.0. The average molecular weight is 265 g/mol. The van der Waals surface area contributed by atoms with E-state index in [1.807, 2.05) is 6.92 Å². The van der Waals surface area contributed by atoms with Gasteiger partial charge in [0.25, 0.3) is 0 Å². The number of carbonyl (C=O) groups excluding carboxylic acids is 1. The molecule has 2 aliphatic heterocycles.